The van der Waals surface area contributed by atoms with Gasteiger partial charge in [-0.1, -0.05) is 42.5 Å². The van der Waals surface area contributed by atoms with Gasteiger partial charge in [-0.25, -0.2) is 9.59 Å². The van der Waals surface area contributed by atoms with Crippen LogP contribution < -0.4 is 26.6 Å². The Bertz CT molecular complexity index is 2380. The van der Waals surface area contributed by atoms with Crippen molar-refractivity contribution in [3.63, 3.8) is 0 Å². The maximum absolute atomic E-state index is 12.9. The van der Waals surface area contributed by atoms with Crippen molar-refractivity contribution in [2.75, 3.05) is 53.4 Å². The first-order chi connectivity index (χ1) is 35.7. The SMILES string of the molecule is CC(=O)N[C@@H]1C(O)C[C@](OCCCSCCC(=O)Nc2ccc(NC(=O)CCSCCCO[C@]3(C(=O)O)C[C@H](O)[C@@H](NC(C)=O)[C@H](O)O3)cc2)(C(=O)O)OC1C(O)[C@H](O)CNC(=O)c1ccc(-c2ccccc2)cc1. The Morgan fingerprint density at radius 1 is 0.640 bits per heavy atom. The lowest BCUT2D eigenvalue weighted by Gasteiger charge is -2.46. The number of aliphatic carboxylic acids is 2. The molecule has 3 aromatic carbocycles. The number of hydrogen-bond acceptors (Lipinski definition) is 18. The highest BCUT2D eigenvalue weighted by atomic mass is 32.2. The largest absolute Gasteiger partial charge is 0.477 e. The van der Waals surface area contributed by atoms with Gasteiger partial charge in [0.15, 0.2) is 6.29 Å². The number of carbonyl (C=O) groups excluding carboxylic acids is 5. The number of rotatable bonds is 28. The van der Waals surface area contributed by atoms with Crippen molar-refractivity contribution in [3.05, 3.63) is 84.4 Å². The minimum Gasteiger partial charge on any atom is -0.477 e. The second-order valence-electron chi connectivity index (χ2n) is 17.7. The molecule has 2 saturated heterocycles. The van der Waals surface area contributed by atoms with Crippen molar-refractivity contribution in [2.24, 2.45) is 0 Å². The molecule has 2 aliphatic rings. The number of thioether (sulfide) groups is 2. The van der Waals surface area contributed by atoms with E-state index in [0.717, 1.165) is 18.1 Å². The molecule has 3 aromatic rings. The predicted molar refractivity (Wildman–Crippen MR) is 274 cm³/mol. The molecule has 0 aliphatic carbocycles. The zero-order chi connectivity index (χ0) is 54.7. The Balaban J connectivity index is 0.970. The number of hydrogen-bond donors (Lipinski definition) is 12. The van der Waals surface area contributed by atoms with E-state index in [2.05, 4.69) is 26.6 Å². The van der Waals surface area contributed by atoms with Crippen molar-refractivity contribution < 1.29 is 88.3 Å². The molecule has 23 nitrogen and oxygen atoms in total. The summed E-state index contributed by atoms with van der Waals surface area (Å²) in [6.07, 6.45) is -10.4. The molecular formula is C50H65N5O18S2. The van der Waals surface area contributed by atoms with E-state index in [1.165, 1.54) is 30.4 Å². The van der Waals surface area contributed by atoms with Crippen molar-refractivity contribution in [3.8, 4) is 11.1 Å². The molecular weight excluding hydrogens is 1020 g/mol. The molecule has 0 bridgehead atoms. The van der Waals surface area contributed by atoms with Gasteiger partial charge in [-0.15, -0.1) is 0 Å². The quantitative estimate of drug-likeness (QED) is 0.0455. The zero-order valence-corrected chi connectivity index (χ0v) is 42.9. The molecule has 12 N–H and O–H groups in total. The normalized spacial score (nSPS) is 24.2. The first kappa shape index (κ1) is 60.2. The number of carboxylic acids is 2. The molecule has 75 heavy (non-hydrogen) atoms. The van der Waals surface area contributed by atoms with Crippen LogP contribution in [0.15, 0.2) is 78.9 Å². The predicted octanol–water partition coefficient (Wildman–Crippen LogP) is 1.26. The van der Waals surface area contributed by atoms with Gasteiger partial charge in [0.25, 0.3) is 17.5 Å². The molecule has 0 saturated carbocycles. The van der Waals surface area contributed by atoms with Gasteiger partial charge in [-0.2, -0.15) is 23.5 Å². The molecule has 2 heterocycles. The summed E-state index contributed by atoms with van der Waals surface area (Å²) in [5, 5.41) is 86.7. The van der Waals surface area contributed by atoms with Crippen LogP contribution in [0.1, 0.15) is 62.7 Å². The molecule has 0 aromatic heterocycles. The van der Waals surface area contributed by atoms with Crippen LogP contribution in [0.4, 0.5) is 11.4 Å². The third kappa shape index (κ3) is 18.0. The van der Waals surface area contributed by atoms with Crippen LogP contribution in [0.25, 0.3) is 11.1 Å². The second-order valence-corrected chi connectivity index (χ2v) is 20.2. The number of anilines is 2. The summed E-state index contributed by atoms with van der Waals surface area (Å²) in [4.78, 5) is 86.1. The minimum atomic E-state index is -2.48. The molecule has 5 amide bonds. The van der Waals surface area contributed by atoms with Crippen molar-refractivity contribution in [2.45, 2.75) is 113 Å². The third-order valence-electron chi connectivity index (χ3n) is 11.9. The zero-order valence-electron chi connectivity index (χ0n) is 41.3. The molecule has 0 spiro atoms. The van der Waals surface area contributed by atoms with E-state index in [1.807, 2.05) is 30.3 Å². The third-order valence-corrected chi connectivity index (χ3v) is 14.0. The number of ether oxygens (including phenoxy) is 4. The van der Waals surface area contributed by atoms with Crippen LogP contribution in [0, 0.1) is 0 Å². The number of carboxylic acid groups (broad SMARTS) is 2. The molecule has 2 fully saturated rings. The summed E-state index contributed by atoms with van der Waals surface area (Å²) in [5.74, 6) is -8.42. The lowest BCUT2D eigenvalue weighted by Crippen LogP contribution is -2.68. The van der Waals surface area contributed by atoms with Gasteiger partial charge in [-0.05, 0) is 71.9 Å². The monoisotopic (exact) mass is 1090 g/mol. The van der Waals surface area contributed by atoms with Crippen molar-refractivity contribution >= 4 is 76.4 Å². The number of benzene rings is 3. The van der Waals surface area contributed by atoms with Gasteiger partial charge >= 0.3 is 11.9 Å². The van der Waals surface area contributed by atoms with E-state index in [9.17, 15) is 69.3 Å². The average Bonchev–Trinajstić information content (AvgIpc) is 3.37. The first-order valence-electron chi connectivity index (χ1n) is 24.1. The lowest BCUT2D eigenvalue weighted by molar-refractivity contribution is -0.332. The fourth-order valence-electron chi connectivity index (χ4n) is 8.05. The standard InChI is InChI=1S/C50H65N5O18S2/c1-29(56)52-41-36(58)26-49(47(66)67,72-44(41)43(63)38(60)28-51-45(64)33-12-10-32(11-13-33)31-8-4-3-5-9-31)70-20-6-22-74-24-18-39(61)54-34-14-16-35(17-15-34)55-40(62)19-25-75-23-7-21-71-50(48(68)69)27-37(59)42(46(65)73-50)53-30(2)57/h3-5,8-17,36-38,41-44,46,58-60,63,65H,6-7,18-28H2,1-2H3,(H,51,64)(H,52,56)(H,53,57)(H,54,61)(H,55,62)(H,66,67)(H,68,69)/t36?,37-,38+,41+,42+,43?,44?,46+,49+,50+/m0/s1. The minimum absolute atomic E-state index is 0.0819. The van der Waals surface area contributed by atoms with Crippen LogP contribution in [0.3, 0.4) is 0 Å². The molecule has 5 rings (SSSR count). The van der Waals surface area contributed by atoms with E-state index < -0.39 is 110 Å². The van der Waals surface area contributed by atoms with Gasteiger partial charge in [-0.3, -0.25) is 24.0 Å². The molecule has 410 valence electrons. The summed E-state index contributed by atoms with van der Waals surface area (Å²) in [5.41, 5.74) is 3.10. The van der Waals surface area contributed by atoms with E-state index in [0.29, 0.717) is 47.2 Å². The number of amides is 5. The Kier molecular flexibility index (Phi) is 23.2. The van der Waals surface area contributed by atoms with Crippen LogP contribution >= 0.6 is 23.5 Å². The molecule has 25 heteroatoms. The van der Waals surface area contributed by atoms with E-state index in [-0.39, 0.29) is 43.4 Å². The van der Waals surface area contributed by atoms with Gasteiger partial charge in [0.1, 0.15) is 18.2 Å². The highest BCUT2D eigenvalue weighted by molar-refractivity contribution is 7.99. The summed E-state index contributed by atoms with van der Waals surface area (Å²) in [7, 11) is 0. The Labute approximate surface area is 440 Å². The maximum Gasteiger partial charge on any atom is 0.364 e. The first-order valence-corrected chi connectivity index (χ1v) is 26.4. The van der Waals surface area contributed by atoms with Gasteiger partial charge in [0.2, 0.25) is 23.6 Å². The van der Waals surface area contributed by atoms with E-state index in [1.54, 1.807) is 48.5 Å². The summed E-state index contributed by atoms with van der Waals surface area (Å²) < 4.78 is 22.2. The number of carbonyl (C=O) groups is 7. The highest BCUT2D eigenvalue weighted by Crippen LogP contribution is 2.35. The summed E-state index contributed by atoms with van der Waals surface area (Å²) >= 11 is 2.82. The Morgan fingerprint density at radius 2 is 1.11 bits per heavy atom. The van der Waals surface area contributed by atoms with Crippen LogP contribution in [-0.2, 0) is 47.7 Å². The van der Waals surface area contributed by atoms with Crippen LogP contribution in [-0.4, -0.2) is 180 Å². The van der Waals surface area contributed by atoms with Crippen molar-refractivity contribution in [1.29, 1.82) is 0 Å². The fraction of sp³-hybridized carbons (Fsp3) is 0.500. The van der Waals surface area contributed by atoms with E-state index >= 15 is 0 Å². The van der Waals surface area contributed by atoms with Crippen molar-refractivity contribution in [1.82, 2.24) is 16.0 Å². The number of aliphatic hydroxyl groups excluding tert-OH is 5. The second kappa shape index (κ2) is 29.0. The molecule has 0 radical (unpaired) electrons. The molecule has 2 aliphatic heterocycles. The van der Waals surface area contributed by atoms with Gasteiger partial charge < -0.3 is 81.3 Å². The maximum atomic E-state index is 12.9. The van der Waals surface area contributed by atoms with Crippen LogP contribution in [0.5, 0.6) is 0 Å². The highest BCUT2D eigenvalue weighted by Gasteiger charge is 2.56. The summed E-state index contributed by atoms with van der Waals surface area (Å²) in [6.45, 7) is 1.57. The summed E-state index contributed by atoms with van der Waals surface area (Å²) in [6, 6.07) is 20.1. The number of aliphatic hydroxyl groups is 5. The topological polar surface area (TPSA) is 358 Å². The molecule has 3 unspecified atom stereocenters. The molecule has 10 atom stereocenters. The van der Waals surface area contributed by atoms with Crippen LogP contribution in [0.2, 0.25) is 0 Å². The van der Waals surface area contributed by atoms with E-state index in [4.69, 9.17) is 18.9 Å². The Morgan fingerprint density at radius 3 is 1.59 bits per heavy atom. The smallest absolute Gasteiger partial charge is 0.364 e. The lowest BCUT2D eigenvalue weighted by atomic mass is 9.88. The Hall–Kier alpha value is -5.71. The number of nitrogens with one attached hydrogen (secondary N) is 5. The van der Waals surface area contributed by atoms with Gasteiger partial charge in [0.05, 0.1) is 37.6 Å². The average molecular weight is 1090 g/mol. The van der Waals surface area contributed by atoms with Gasteiger partial charge in [0, 0.05) is 74.5 Å². The fourth-order valence-corrected chi connectivity index (χ4v) is 9.76.